The van der Waals surface area contributed by atoms with Crippen molar-refractivity contribution in [3.63, 3.8) is 0 Å². The van der Waals surface area contributed by atoms with Crippen molar-refractivity contribution in [2.45, 2.75) is 13.0 Å². The molecule has 0 aromatic carbocycles. The third-order valence-electron chi connectivity index (χ3n) is 2.74. The fraction of sp³-hybridized carbons (Fsp3) is 0.154. The molecule has 1 amide bonds. The molecule has 0 fully saturated rings. The van der Waals surface area contributed by atoms with Gasteiger partial charge in [0.15, 0.2) is 5.82 Å². The second kappa shape index (κ2) is 5.34. The number of nitrogens with zero attached hydrogens (tertiary/aromatic N) is 2. The molecule has 5 N–H and O–H groups in total. The minimum Gasteiger partial charge on any atom is -0.396 e. The van der Waals surface area contributed by atoms with Crippen molar-refractivity contribution in [1.29, 1.82) is 0 Å². The van der Waals surface area contributed by atoms with Gasteiger partial charge < -0.3 is 16.8 Å². The number of nitrogens with two attached hydrogens (primary N) is 2. The lowest BCUT2D eigenvalue weighted by Crippen LogP contribution is -2.16. The van der Waals surface area contributed by atoms with Gasteiger partial charge in [0, 0.05) is 12.4 Å². The molecule has 0 saturated carbocycles. The van der Waals surface area contributed by atoms with Gasteiger partial charge in [-0.2, -0.15) is 0 Å². The Balaban J connectivity index is 2.23. The van der Waals surface area contributed by atoms with Crippen molar-refractivity contribution in [2.24, 2.45) is 5.73 Å². The van der Waals surface area contributed by atoms with Crippen LogP contribution in [0.2, 0.25) is 0 Å². The highest BCUT2D eigenvalue weighted by molar-refractivity contribution is 5.91. The van der Waals surface area contributed by atoms with Crippen LogP contribution in [-0.4, -0.2) is 15.9 Å². The van der Waals surface area contributed by atoms with Gasteiger partial charge in [-0.05, 0) is 36.8 Å². The summed E-state index contributed by atoms with van der Waals surface area (Å²) in [5, 5.41) is 3.15. The molecular weight excluding hydrogens is 242 g/mol. The van der Waals surface area contributed by atoms with Crippen molar-refractivity contribution in [2.75, 3.05) is 11.1 Å². The van der Waals surface area contributed by atoms with E-state index < -0.39 is 5.91 Å². The summed E-state index contributed by atoms with van der Waals surface area (Å²) in [4.78, 5) is 19.2. The quantitative estimate of drug-likeness (QED) is 0.766. The number of pyridine rings is 2. The Labute approximate surface area is 110 Å². The van der Waals surface area contributed by atoms with Crippen molar-refractivity contribution >= 4 is 17.4 Å². The molecule has 0 aliphatic heterocycles. The first-order valence-electron chi connectivity index (χ1n) is 5.80. The Morgan fingerprint density at radius 1 is 1.26 bits per heavy atom. The Morgan fingerprint density at radius 2 is 1.95 bits per heavy atom. The number of anilines is 2. The maximum absolute atomic E-state index is 11.1. The molecule has 0 bridgehead atoms. The molecule has 6 heteroatoms. The van der Waals surface area contributed by atoms with E-state index in [4.69, 9.17) is 11.5 Å². The summed E-state index contributed by atoms with van der Waals surface area (Å²) in [7, 11) is 0. The molecule has 98 valence electrons. The Bertz CT molecular complexity index is 585. The molecule has 0 radical (unpaired) electrons. The number of aromatic nitrogens is 2. The monoisotopic (exact) mass is 257 g/mol. The van der Waals surface area contributed by atoms with E-state index in [1.165, 1.54) is 6.07 Å². The van der Waals surface area contributed by atoms with Gasteiger partial charge in [0.05, 0.1) is 11.7 Å². The van der Waals surface area contributed by atoms with Gasteiger partial charge in [-0.15, -0.1) is 0 Å². The summed E-state index contributed by atoms with van der Waals surface area (Å²) in [6.45, 7) is 1.97. The standard InChI is InChI=1S/C13H15N5O/c1-8(9-4-6-16-7-5-9)17-13-10(14)2-3-11(18-13)12(15)19/h2-8H,14H2,1H3,(H2,15,19)(H,17,18). The van der Waals surface area contributed by atoms with Gasteiger partial charge in [-0.3, -0.25) is 9.78 Å². The van der Waals surface area contributed by atoms with E-state index in [1.807, 2.05) is 19.1 Å². The van der Waals surface area contributed by atoms with Crippen molar-refractivity contribution in [1.82, 2.24) is 9.97 Å². The van der Waals surface area contributed by atoms with E-state index in [0.29, 0.717) is 11.5 Å². The Hall–Kier alpha value is -2.63. The molecular formula is C13H15N5O. The smallest absolute Gasteiger partial charge is 0.267 e. The second-order valence-electron chi connectivity index (χ2n) is 4.15. The maximum Gasteiger partial charge on any atom is 0.267 e. The van der Waals surface area contributed by atoms with Crippen LogP contribution >= 0.6 is 0 Å². The highest BCUT2D eigenvalue weighted by atomic mass is 16.1. The number of primary amides is 1. The number of hydrogen-bond donors (Lipinski definition) is 3. The van der Waals surface area contributed by atoms with Crippen LogP contribution in [0, 0.1) is 0 Å². The van der Waals surface area contributed by atoms with Gasteiger partial charge in [-0.25, -0.2) is 4.98 Å². The lowest BCUT2D eigenvalue weighted by atomic mass is 10.1. The predicted molar refractivity (Wildman–Crippen MR) is 73.4 cm³/mol. The minimum absolute atomic E-state index is 0.0130. The van der Waals surface area contributed by atoms with Crippen LogP contribution in [0.15, 0.2) is 36.7 Å². The fourth-order valence-electron chi connectivity index (χ4n) is 1.66. The van der Waals surface area contributed by atoms with Crippen molar-refractivity contribution in [3.8, 4) is 0 Å². The number of carbonyl (C=O) groups excluding carboxylic acids is 1. The first-order chi connectivity index (χ1) is 9.08. The first-order valence-corrected chi connectivity index (χ1v) is 5.80. The molecule has 2 aromatic heterocycles. The predicted octanol–water partition coefficient (Wildman–Crippen LogP) is 1.33. The van der Waals surface area contributed by atoms with Gasteiger partial charge in [-0.1, -0.05) is 0 Å². The summed E-state index contributed by atoms with van der Waals surface area (Å²) in [6, 6.07) is 6.88. The largest absolute Gasteiger partial charge is 0.396 e. The third-order valence-corrected chi connectivity index (χ3v) is 2.74. The number of rotatable bonds is 4. The molecule has 1 unspecified atom stereocenters. The molecule has 0 spiro atoms. The molecule has 6 nitrogen and oxygen atoms in total. The zero-order chi connectivity index (χ0) is 13.8. The SMILES string of the molecule is CC(Nc1nc(C(N)=O)ccc1N)c1ccncc1. The summed E-state index contributed by atoms with van der Waals surface area (Å²) >= 11 is 0. The summed E-state index contributed by atoms with van der Waals surface area (Å²) in [5.74, 6) is -0.139. The van der Waals surface area contributed by atoms with Crippen LogP contribution in [0.3, 0.4) is 0 Å². The Morgan fingerprint density at radius 3 is 2.58 bits per heavy atom. The number of amides is 1. The molecule has 2 heterocycles. The second-order valence-corrected chi connectivity index (χ2v) is 4.15. The summed E-state index contributed by atoms with van der Waals surface area (Å²) in [6.07, 6.45) is 3.42. The molecule has 0 saturated heterocycles. The normalized spacial score (nSPS) is 11.8. The van der Waals surface area contributed by atoms with Gasteiger partial charge in [0.25, 0.3) is 5.91 Å². The average Bonchev–Trinajstić information content (AvgIpc) is 2.42. The van der Waals surface area contributed by atoms with Gasteiger partial charge in [0.2, 0.25) is 0 Å². The fourth-order valence-corrected chi connectivity index (χ4v) is 1.66. The van der Waals surface area contributed by atoms with Crippen LogP contribution in [0.5, 0.6) is 0 Å². The van der Waals surface area contributed by atoms with Gasteiger partial charge in [0.1, 0.15) is 5.69 Å². The van der Waals surface area contributed by atoms with E-state index in [9.17, 15) is 4.79 Å². The number of nitrogen functional groups attached to an aromatic ring is 1. The first kappa shape index (κ1) is 12.8. The molecule has 0 aliphatic carbocycles. The third kappa shape index (κ3) is 2.98. The lowest BCUT2D eigenvalue weighted by Gasteiger charge is -2.16. The van der Waals surface area contributed by atoms with Crippen LogP contribution in [-0.2, 0) is 0 Å². The van der Waals surface area contributed by atoms with Crippen molar-refractivity contribution < 1.29 is 4.79 Å². The summed E-state index contributed by atoms with van der Waals surface area (Å²) in [5.41, 5.74) is 12.7. The molecule has 0 aliphatic rings. The molecule has 2 rings (SSSR count). The van der Waals surface area contributed by atoms with Gasteiger partial charge >= 0.3 is 0 Å². The zero-order valence-electron chi connectivity index (χ0n) is 10.5. The topological polar surface area (TPSA) is 107 Å². The zero-order valence-corrected chi connectivity index (χ0v) is 10.5. The maximum atomic E-state index is 11.1. The number of nitrogens with one attached hydrogen (secondary N) is 1. The summed E-state index contributed by atoms with van der Waals surface area (Å²) < 4.78 is 0. The van der Waals surface area contributed by atoms with Crippen LogP contribution in [0.4, 0.5) is 11.5 Å². The number of hydrogen-bond acceptors (Lipinski definition) is 5. The van der Waals surface area contributed by atoms with E-state index in [0.717, 1.165) is 5.56 Å². The van der Waals surface area contributed by atoms with Crippen LogP contribution in [0.1, 0.15) is 29.0 Å². The van der Waals surface area contributed by atoms with E-state index in [2.05, 4.69) is 15.3 Å². The average molecular weight is 257 g/mol. The minimum atomic E-state index is -0.584. The number of carbonyl (C=O) groups is 1. The Kier molecular flexibility index (Phi) is 3.61. The molecule has 2 aromatic rings. The van der Waals surface area contributed by atoms with Crippen molar-refractivity contribution in [3.05, 3.63) is 47.9 Å². The van der Waals surface area contributed by atoms with E-state index in [-0.39, 0.29) is 11.7 Å². The molecule has 19 heavy (non-hydrogen) atoms. The van der Waals surface area contributed by atoms with Crippen LogP contribution < -0.4 is 16.8 Å². The van der Waals surface area contributed by atoms with Crippen LogP contribution in [0.25, 0.3) is 0 Å². The lowest BCUT2D eigenvalue weighted by molar-refractivity contribution is 0.0995. The highest BCUT2D eigenvalue weighted by Gasteiger charge is 2.10. The van der Waals surface area contributed by atoms with E-state index >= 15 is 0 Å². The molecule has 1 atom stereocenters. The highest BCUT2D eigenvalue weighted by Crippen LogP contribution is 2.22. The van der Waals surface area contributed by atoms with E-state index in [1.54, 1.807) is 18.5 Å².